The van der Waals surface area contributed by atoms with Crippen LogP contribution in [0.1, 0.15) is 13.3 Å². The Balaban J connectivity index is 1.79. The van der Waals surface area contributed by atoms with Gasteiger partial charge in [0.05, 0.1) is 5.69 Å². The average molecular weight is 299 g/mol. The summed E-state index contributed by atoms with van der Waals surface area (Å²) in [6.07, 6.45) is 4.16. The van der Waals surface area contributed by atoms with E-state index in [0.717, 1.165) is 18.5 Å². The van der Waals surface area contributed by atoms with Crippen molar-refractivity contribution in [2.24, 2.45) is 0 Å². The molecule has 1 atom stereocenters. The number of carbonyl (C=O) groups excluding carboxylic acids is 1. The molecule has 1 aliphatic heterocycles. The highest BCUT2D eigenvalue weighted by Crippen LogP contribution is 2.17. The van der Waals surface area contributed by atoms with Crippen LogP contribution in [0.3, 0.4) is 0 Å². The van der Waals surface area contributed by atoms with Gasteiger partial charge in [0.25, 0.3) is 5.56 Å². The van der Waals surface area contributed by atoms with Crippen molar-refractivity contribution in [1.82, 2.24) is 19.9 Å². The third kappa shape index (κ3) is 3.13. The van der Waals surface area contributed by atoms with Crippen LogP contribution in [0.25, 0.3) is 11.3 Å². The summed E-state index contributed by atoms with van der Waals surface area (Å²) in [5.74, 6) is 0.492. The zero-order chi connectivity index (χ0) is 15.5. The number of aromatic amines is 1. The van der Waals surface area contributed by atoms with Gasteiger partial charge < -0.3 is 10.2 Å². The summed E-state index contributed by atoms with van der Waals surface area (Å²) in [4.78, 5) is 36.0. The normalized spacial score (nSPS) is 17.5. The number of amides is 1. The topological polar surface area (TPSA) is 91.0 Å². The van der Waals surface area contributed by atoms with Crippen molar-refractivity contribution in [2.45, 2.75) is 19.4 Å². The van der Waals surface area contributed by atoms with Gasteiger partial charge in [-0.05, 0) is 18.6 Å². The van der Waals surface area contributed by atoms with Crippen LogP contribution in [0.4, 0.5) is 5.95 Å². The number of hydrogen-bond donors (Lipinski definition) is 2. The van der Waals surface area contributed by atoms with E-state index in [1.54, 1.807) is 36.4 Å². The molecule has 0 aromatic carbocycles. The molecular formula is C15H17N5O2. The van der Waals surface area contributed by atoms with E-state index in [-0.39, 0.29) is 17.5 Å². The molecule has 1 saturated heterocycles. The zero-order valence-electron chi connectivity index (χ0n) is 12.2. The van der Waals surface area contributed by atoms with Gasteiger partial charge in [-0.3, -0.25) is 19.6 Å². The molecule has 3 heterocycles. The Bertz CT molecular complexity index is 728. The molecule has 1 aliphatic rings. The Labute approximate surface area is 127 Å². The lowest BCUT2D eigenvalue weighted by Gasteiger charge is -2.15. The highest BCUT2D eigenvalue weighted by Gasteiger charge is 2.24. The van der Waals surface area contributed by atoms with Crippen LogP contribution in [0.15, 0.2) is 35.4 Å². The van der Waals surface area contributed by atoms with E-state index in [1.165, 1.54) is 6.07 Å². The molecule has 0 spiro atoms. The lowest BCUT2D eigenvalue weighted by molar-refractivity contribution is -0.127. The molecule has 0 radical (unpaired) electrons. The van der Waals surface area contributed by atoms with Gasteiger partial charge >= 0.3 is 0 Å². The largest absolute Gasteiger partial charge is 0.351 e. The van der Waals surface area contributed by atoms with Crippen LogP contribution in [0.5, 0.6) is 0 Å². The summed E-state index contributed by atoms with van der Waals surface area (Å²) >= 11 is 0. The molecule has 1 fully saturated rings. The highest BCUT2D eigenvalue weighted by molar-refractivity contribution is 5.73. The van der Waals surface area contributed by atoms with Crippen LogP contribution in [0.2, 0.25) is 0 Å². The minimum absolute atomic E-state index is 0.0660. The summed E-state index contributed by atoms with van der Waals surface area (Å²) in [6, 6.07) is 5.16. The van der Waals surface area contributed by atoms with Crippen molar-refractivity contribution < 1.29 is 4.79 Å². The van der Waals surface area contributed by atoms with Gasteiger partial charge in [-0.2, -0.15) is 0 Å². The van der Waals surface area contributed by atoms with Gasteiger partial charge in [-0.25, -0.2) is 4.98 Å². The molecule has 1 amide bonds. The molecule has 7 heteroatoms. The number of carbonyl (C=O) groups is 1. The maximum absolute atomic E-state index is 11.8. The molecule has 1 unspecified atom stereocenters. The number of likely N-dealkylation sites (tertiary alicyclic amines) is 1. The minimum atomic E-state index is -0.217. The van der Waals surface area contributed by atoms with Crippen molar-refractivity contribution in [2.75, 3.05) is 18.4 Å². The molecule has 2 aromatic heterocycles. The quantitative estimate of drug-likeness (QED) is 0.877. The van der Waals surface area contributed by atoms with Gasteiger partial charge in [0.2, 0.25) is 11.9 Å². The number of anilines is 1. The Kier molecular flexibility index (Phi) is 3.86. The monoisotopic (exact) mass is 299 g/mol. The summed E-state index contributed by atoms with van der Waals surface area (Å²) in [5.41, 5.74) is 1.21. The van der Waals surface area contributed by atoms with Gasteiger partial charge in [0.1, 0.15) is 0 Å². The standard InChI is InChI=1S/C15H17N5O2/c1-10(21)20-7-4-12(9-20)17-15-18-13(8-14(22)19-15)11-2-5-16-6-3-11/h2-3,5-6,8,12H,4,7,9H2,1H3,(H2,17,18,19,22). The molecule has 22 heavy (non-hydrogen) atoms. The number of pyridine rings is 1. The first-order valence-electron chi connectivity index (χ1n) is 7.15. The van der Waals surface area contributed by atoms with E-state index in [0.29, 0.717) is 18.2 Å². The van der Waals surface area contributed by atoms with Crippen LogP contribution < -0.4 is 10.9 Å². The molecule has 7 nitrogen and oxygen atoms in total. The molecule has 2 aromatic rings. The lowest BCUT2D eigenvalue weighted by atomic mass is 10.2. The van der Waals surface area contributed by atoms with Crippen molar-refractivity contribution in [3.63, 3.8) is 0 Å². The van der Waals surface area contributed by atoms with Crippen LogP contribution in [-0.4, -0.2) is 44.9 Å². The second kappa shape index (κ2) is 5.97. The van der Waals surface area contributed by atoms with Crippen molar-refractivity contribution in [1.29, 1.82) is 0 Å². The Morgan fingerprint density at radius 2 is 2.18 bits per heavy atom. The number of H-pyrrole nitrogens is 1. The molecule has 3 rings (SSSR count). The lowest BCUT2D eigenvalue weighted by Crippen LogP contribution is -2.30. The molecule has 0 saturated carbocycles. The van der Waals surface area contributed by atoms with E-state index < -0.39 is 0 Å². The second-order valence-corrected chi connectivity index (χ2v) is 5.31. The SMILES string of the molecule is CC(=O)N1CCC(Nc2nc(-c3ccncc3)cc(=O)[nH]2)C1. The number of hydrogen-bond acceptors (Lipinski definition) is 5. The fraction of sp³-hybridized carbons (Fsp3) is 0.333. The highest BCUT2D eigenvalue weighted by atomic mass is 16.2. The van der Waals surface area contributed by atoms with Crippen molar-refractivity contribution in [3.05, 3.63) is 40.9 Å². The first kappa shape index (κ1) is 14.2. The van der Waals surface area contributed by atoms with E-state index in [2.05, 4.69) is 20.3 Å². The molecule has 0 aliphatic carbocycles. The first-order chi connectivity index (χ1) is 10.6. The summed E-state index contributed by atoms with van der Waals surface area (Å²) in [5, 5.41) is 3.20. The number of nitrogens with one attached hydrogen (secondary N) is 2. The van der Waals surface area contributed by atoms with E-state index >= 15 is 0 Å². The minimum Gasteiger partial charge on any atom is -0.351 e. The number of rotatable bonds is 3. The third-order valence-corrected chi connectivity index (χ3v) is 3.69. The van der Waals surface area contributed by atoms with Crippen LogP contribution in [-0.2, 0) is 4.79 Å². The maximum atomic E-state index is 11.8. The fourth-order valence-corrected chi connectivity index (χ4v) is 2.55. The van der Waals surface area contributed by atoms with E-state index in [9.17, 15) is 9.59 Å². The van der Waals surface area contributed by atoms with Gasteiger partial charge in [0, 0.05) is 50.1 Å². The Hall–Kier alpha value is -2.70. The summed E-state index contributed by atoms with van der Waals surface area (Å²) in [6.45, 7) is 2.91. The Morgan fingerprint density at radius 1 is 1.41 bits per heavy atom. The van der Waals surface area contributed by atoms with E-state index in [4.69, 9.17) is 0 Å². The number of nitrogens with zero attached hydrogens (tertiary/aromatic N) is 3. The average Bonchev–Trinajstić information content (AvgIpc) is 2.96. The summed E-state index contributed by atoms with van der Waals surface area (Å²) in [7, 11) is 0. The van der Waals surface area contributed by atoms with Crippen LogP contribution in [0, 0.1) is 0 Å². The Morgan fingerprint density at radius 3 is 2.86 bits per heavy atom. The number of aromatic nitrogens is 3. The molecule has 0 bridgehead atoms. The maximum Gasteiger partial charge on any atom is 0.252 e. The third-order valence-electron chi connectivity index (χ3n) is 3.69. The van der Waals surface area contributed by atoms with Crippen molar-refractivity contribution >= 4 is 11.9 Å². The molecule has 114 valence electrons. The predicted octanol–water partition coefficient (Wildman–Crippen LogP) is 0.865. The van der Waals surface area contributed by atoms with E-state index in [1.807, 2.05) is 0 Å². The van der Waals surface area contributed by atoms with Crippen LogP contribution >= 0.6 is 0 Å². The second-order valence-electron chi connectivity index (χ2n) is 5.31. The fourth-order valence-electron chi connectivity index (χ4n) is 2.55. The van der Waals surface area contributed by atoms with Gasteiger partial charge in [-0.1, -0.05) is 0 Å². The zero-order valence-corrected chi connectivity index (χ0v) is 12.2. The molecular weight excluding hydrogens is 282 g/mol. The molecule has 2 N–H and O–H groups in total. The predicted molar refractivity (Wildman–Crippen MR) is 82.4 cm³/mol. The smallest absolute Gasteiger partial charge is 0.252 e. The summed E-state index contributed by atoms with van der Waals surface area (Å²) < 4.78 is 0. The van der Waals surface area contributed by atoms with Gasteiger partial charge in [-0.15, -0.1) is 0 Å². The first-order valence-corrected chi connectivity index (χ1v) is 7.15. The van der Waals surface area contributed by atoms with Gasteiger partial charge in [0.15, 0.2) is 0 Å². The van der Waals surface area contributed by atoms with Crippen molar-refractivity contribution in [3.8, 4) is 11.3 Å².